The van der Waals surface area contributed by atoms with Crippen molar-refractivity contribution in [3.05, 3.63) is 164 Å². The van der Waals surface area contributed by atoms with Crippen molar-refractivity contribution in [2.45, 2.75) is 99.7 Å². The van der Waals surface area contributed by atoms with Crippen molar-refractivity contribution < 1.29 is 47.5 Å². The van der Waals surface area contributed by atoms with Gasteiger partial charge < -0.3 is 51.3 Å². The molecular formula is C58H60Cl2F2N4O8. The molecule has 2 aliphatic heterocycles. The summed E-state index contributed by atoms with van der Waals surface area (Å²) in [5.41, 5.74) is 13.9. The lowest BCUT2D eigenvalue weighted by atomic mass is 9.84. The molecule has 4 aliphatic rings. The highest BCUT2D eigenvalue weighted by Crippen LogP contribution is 2.52. The first kappa shape index (κ1) is 52.6. The van der Waals surface area contributed by atoms with Gasteiger partial charge >= 0.3 is 0 Å². The summed E-state index contributed by atoms with van der Waals surface area (Å²) in [5.74, 6) is -1.82. The van der Waals surface area contributed by atoms with Crippen LogP contribution < -0.4 is 41.0 Å². The number of primary amides is 2. The topological polar surface area (TPSA) is 188 Å². The van der Waals surface area contributed by atoms with Gasteiger partial charge in [0.15, 0.2) is 34.3 Å². The second-order valence-electron chi connectivity index (χ2n) is 19.6. The number of amides is 2. The maximum Gasteiger partial charge on any atom is 0.249 e. The van der Waals surface area contributed by atoms with Gasteiger partial charge in [-0.3, -0.25) is 9.59 Å². The van der Waals surface area contributed by atoms with E-state index in [9.17, 15) is 19.8 Å². The molecule has 8 N–H and O–H groups in total. The number of benzene rings is 6. The quantitative estimate of drug-likeness (QED) is 0.0613. The smallest absolute Gasteiger partial charge is 0.249 e. The number of aliphatic hydroxyl groups excluding tert-OH is 2. The zero-order valence-electron chi connectivity index (χ0n) is 41.2. The molecule has 0 unspecified atom stereocenters. The van der Waals surface area contributed by atoms with Gasteiger partial charge in [-0.2, -0.15) is 0 Å². The van der Waals surface area contributed by atoms with E-state index in [1.165, 1.54) is 38.5 Å². The summed E-state index contributed by atoms with van der Waals surface area (Å²) in [6, 6.07) is 32.8. The van der Waals surface area contributed by atoms with Crippen molar-refractivity contribution >= 4 is 35.0 Å². The maximum atomic E-state index is 15.7. The molecule has 0 spiro atoms. The van der Waals surface area contributed by atoms with E-state index in [2.05, 4.69) is 10.6 Å². The SMILES string of the molecule is COc1ccc(C(N)=O)c(-c2c(Cl)ccc3c2C[C@@](CNC2CCC(O)CC2)(c2ccccc2)O3)c1F.COc1ccc(C(N)=O)c(-c2c(Cl)ccc3c2C[C@@](CNC2CCC(O)CC2)(c2ccccc2)O3)c1F. The van der Waals surface area contributed by atoms with Crippen molar-refractivity contribution in [2.75, 3.05) is 27.3 Å². The minimum absolute atomic E-state index is 0.00962. The van der Waals surface area contributed by atoms with E-state index in [0.717, 1.165) is 62.5 Å². The molecule has 10 rings (SSSR count). The van der Waals surface area contributed by atoms with E-state index in [-0.39, 0.29) is 68.1 Å². The number of halogens is 4. The summed E-state index contributed by atoms with van der Waals surface area (Å²) >= 11 is 13.4. The van der Waals surface area contributed by atoms with Crippen LogP contribution in [0.3, 0.4) is 0 Å². The lowest BCUT2D eigenvalue weighted by Gasteiger charge is -2.34. The Labute approximate surface area is 439 Å². The number of nitrogens with two attached hydrogens (primary N) is 2. The monoisotopic (exact) mass is 1050 g/mol. The summed E-state index contributed by atoms with van der Waals surface area (Å²) in [4.78, 5) is 24.6. The van der Waals surface area contributed by atoms with Gasteiger partial charge in [0.05, 0.1) is 37.6 Å². The first-order valence-electron chi connectivity index (χ1n) is 24.9. The first-order valence-corrected chi connectivity index (χ1v) is 25.7. The Morgan fingerprint density at radius 1 is 0.568 bits per heavy atom. The van der Waals surface area contributed by atoms with Crippen LogP contribution in [0.2, 0.25) is 10.0 Å². The van der Waals surface area contributed by atoms with E-state index in [1.54, 1.807) is 24.3 Å². The van der Waals surface area contributed by atoms with Gasteiger partial charge in [-0.1, -0.05) is 83.9 Å². The minimum atomic E-state index is -0.776. The molecule has 388 valence electrons. The molecule has 2 aliphatic carbocycles. The molecule has 12 nitrogen and oxygen atoms in total. The van der Waals surface area contributed by atoms with E-state index >= 15 is 8.78 Å². The second kappa shape index (κ2) is 22.3. The van der Waals surface area contributed by atoms with Crippen LogP contribution in [-0.2, 0) is 24.0 Å². The number of ether oxygens (including phenoxy) is 4. The summed E-state index contributed by atoms with van der Waals surface area (Å²) in [6.07, 6.45) is 6.91. The average Bonchev–Trinajstić information content (AvgIpc) is 3.99. The Morgan fingerprint density at radius 3 is 1.27 bits per heavy atom. The molecule has 0 radical (unpaired) electrons. The largest absolute Gasteiger partial charge is 0.494 e. The van der Waals surface area contributed by atoms with Gasteiger partial charge in [0.1, 0.15) is 11.5 Å². The number of aliphatic hydroxyl groups is 2. The Morgan fingerprint density at radius 2 is 0.932 bits per heavy atom. The number of rotatable bonds is 14. The Bertz CT molecular complexity index is 2820. The molecule has 2 amide bonds. The van der Waals surface area contributed by atoms with Crippen molar-refractivity contribution in [3.63, 3.8) is 0 Å². The van der Waals surface area contributed by atoms with Crippen LogP contribution in [0.4, 0.5) is 8.78 Å². The predicted molar refractivity (Wildman–Crippen MR) is 281 cm³/mol. The lowest BCUT2D eigenvalue weighted by Crippen LogP contribution is -2.46. The van der Waals surface area contributed by atoms with Crippen molar-refractivity contribution in [2.24, 2.45) is 11.5 Å². The third-order valence-corrected chi connectivity index (χ3v) is 15.6. The number of methoxy groups -OCH3 is 2. The van der Waals surface area contributed by atoms with Crippen LogP contribution in [0.15, 0.2) is 109 Å². The first-order chi connectivity index (χ1) is 35.7. The molecule has 0 saturated heterocycles. The van der Waals surface area contributed by atoms with Crippen LogP contribution in [0.1, 0.15) is 94.3 Å². The van der Waals surface area contributed by atoms with Crippen molar-refractivity contribution in [3.8, 4) is 45.3 Å². The number of fused-ring (bicyclic) bond motifs is 2. The molecule has 16 heteroatoms. The maximum absolute atomic E-state index is 15.7. The summed E-state index contributed by atoms with van der Waals surface area (Å²) in [5, 5.41) is 27.7. The zero-order valence-corrected chi connectivity index (χ0v) is 42.7. The van der Waals surface area contributed by atoms with Crippen LogP contribution >= 0.6 is 23.2 Å². The summed E-state index contributed by atoms with van der Waals surface area (Å²) < 4.78 is 55.1. The van der Waals surface area contributed by atoms with Gasteiger partial charge in [0.25, 0.3) is 0 Å². The van der Waals surface area contributed by atoms with E-state index in [1.807, 2.05) is 60.7 Å². The molecule has 6 aromatic carbocycles. The van der Waals surface area contributed by atoms with Gasteiger partial charge in [-0.05, 0) is 111 Å². The van der Waals surface area contributed by atoms with Gasteiger partial charge in [-0.15, -0.1) is 0 Å². The van der Waals surface area contributed by atoms with Crippen LogP contribution in [0, 0.1) is 11.6 Å². The Kier molecular flexibility index (Phi) is 15.8. The molecule has 6 aromatic rings. The molecule has 74 heavy (non-hydrogen) atoms. The second-order valence-corrected chi connectivity index (χ2v) is 20.4. The van der Waals surface area contributed by atoms with Crippen molar-refractivity contribution in [1.29, 1.82) is 0 Å². The van der Waals surface area contributed by atoms with E-state index in [4.69, 9.17) is 53.6 Å². The number of carbonyl (C=O) groups is 2. The highest BCUT2D eigenvalue weighted by molar-refractivity contribution is 6.34. The van der Waals surface area contributed by atoms with Gasteiger partial charge in [-0.25, -0.2) is 8.78 Å². The van der Waals surface area contributed by atoms with Crippen LogP contribution in [0.5, 0.6) is 23.0 Å². The number of hydrogen-bond acceptors (Lipinski definition) is 10. The lowest BCUT2D eigenvalue weighted by molar-refractivity contribution is 0.0758. The predicted octanol–water partition coefficient (Wildman–Crippen LogP) is 9.95. The highest BCUT2D eigenvalue weighted by Gasteiger charge is 2.46. The summed E-state index contributed by atoms with van der Waals surface area (Å²) in [6.45, 7) is 1.01. The fourth-order valence-corrected chi connectivity index (χ4v) is 11.6. The number of nitrogens with one attached hydrogen (secondary N) is 2. The molecule has 2 atom stereocenters. The fraction of sp³-hybridized carbons (Fsp3) is 0.345. The normalized spacial score (nSPS) is 22.8. The third-order valence-electron chi connectivity index (χ3n) is 15.0. The molecule has 2 saturated carbocycles. The highest BCUT2D eigenvalue weighted by atomic mass is 35.5. The Balaban J connectivity index is 0.000000182. The molecular weight excluding hydrogens is 990 g/mol. The van der Waals surface area contributed by atoms with Crippen molar-refractivity contribution in [1.82, 2.24) is 10.6 Å². The average molecular weight is 1050 g/mol. The standard InChI is InChI=1S/2C29H30ClFN2O4/c2*1-36-24-13-11-20(28(32)35)26(27(24)31)25-21-15-29(17-5-3-2-4-6-17,37-23(21)14-12-22(25)30)16-33-18-7-9-19(34)10-8-18/h2*2-6,11-14,18-19,33-34H,7-10,15-16H2,1H3,(H2,32,35)/t2*18?,19?,29-/m11/s1. The molecule has 0 bridgehead atoms. The van der Waals surface area contributed by atoms with E-state index in [0.29, 0.717) is 59.7 Å². The molecule has 2 fully saturated rings. The van der Waals surface area contributed by atoms with E-state index < -0.39 is 34.7 Å². The Hall–Kier alpha value is -6.26. The summed E-state index contributed by atoms with van der Waals surface area (Å²) in [7, 11) is 2.73. The molecule has 2 heterocycles. The number of carbonyl (C=O) groups excluding carboxylic acids is 2. The number of hydrogen-bond donors (Lipinski definition) is 6. The zero-order chi connectivity index (χ0) is 52.3. The van der Waals surface area contributed by atoms with Gasteiger partial charge in [0, 0.05) is 81.4 Å². The van der Waals surface area contributed by atoms with Crippen LogP contribution in [0.25, 0.3) is 22.3 Å². The third kappa shape index (κ3) is 10.5. The molecule has 0 aromatic heterocycles. The minimum Gasteiger partial charge on any atom is -0.494 e. The fourth-order valence-electron chi connectivity index (χ4n) is 11.1. The van der Waals surface area contributed by atoms with Gasteiger partial charge in [0.2, 0.25) is 11.8 Å². The van der Waals surface area contributed by atoms with Crippen LogP contribution in [-0.4, -0.2) is 73.6 Å².